The first kappa shape index (κ1) is 21.6. The molecule has 0 bridgehead atoms. The molecule has 0 saturated heterocycles. The van der Waals surface area contributed by atoms with E-state index in [-0.39, 0.29) is 11.6 Å². The van der Waals surface area contributed by atoms with Crippen molar-refractivity contribution in [3.63, 3.8) is 0 Å². The molecule has 9 nitrogen and oxygen atoms in total. The summed E-state index contributed by atoms with van der Waals surface area (Å²) in [6.45, 7) is 0.446. The largest absolute Gasteiger partial charge is 0.478 e. The fourth-order valence-corrected chi connectivity index (χ4v) is 5.00. The lowest BCUT2D eigenvalue weighted by Crippen LogP contribution is -2.33. The molecule has 33 heavy (non-hydrogen) atoms. The molecule has 2 heterocycles. The smallest absolute Gasteiger partial charge is 0.335 e. The van der Waals surface area contributed by atoms with Crippen molar-refractivity contribution in [3.05, 3.63) is 41.7 Å². The van der Waals surface area contributed by atoms with Gasteiger partial charge in [-0.25, -0.2) is 9.78 Å². The molecule has 2 aromatic heterocycles. The SMILES string of the molecule is N[C@H]1CC[C@H](Nc2nc(NCc3cccc(C(=O)O)c3)c3ncn(C4CCCC4)c3n2)CC1. The van der Waals surface area contributed by atoms with Crippen molar-refractivity contribution in [1.82, 2.24) is 19.5 Å². The van der Waals surface area contributed by atoms with Gasteiger partial charge in [0.25, 0.3) is 0 Å². The number of benzene rings is 1. The van der Waals surface area contributed by atoms with Crippen LogP contribution >= 0.6 is 0 Å². The van der Waals surface area contributed by atoms with E-state index in [1.807, 2.05) is 12.4 Å². The van der Waals surface area contributed by atoms with Gasteiger partial charge >= 0.3 is 5.97 Å². The third-order valence-corrected chi connectivity index (χ3v) is 6.88. The van der Waals surface area contributed by atoms with Crippen LogP contribution in [-0.4, -0.2) is 42.7 Å². The molecule has 0 atom stereocenters. The van der Waals surface area contributed by atoms with E-state index < -0.39 is 5.97 Å². The quantitative estimate of drug-likeness (QED) is 0.427. The molecule has 174 valence electrons. The second kappa shape index (κ2) is 9.35. The first-order valence-electron chi connectivity index (χ1n) is 11.9. The summed E-state index contributed by atoms with van der Waals surface area (Å²) in [5.41, 5.74) is 8.79. The van der Waals surface area contributed by atoms with Crippen LogP contribution in [0.5, 0.6) is 0 Å². The van der Waals surface area contributed by atoms with Gasteiger partial charge in [0.15, 0.2) is 17.0 Å². The maximum Gasteiger partial charge on any atom is 0.335 e. The minimum absolute atomic E-state index is 0.269. The van der Waals surface area contributed by atoms with E-state index in [1.54, 1.807) is 18.2 Å². The lowest BCUT2D eigenvalue weighted by atomic mass is 9.92. The average molecular weight is 450 g/mol. The average Bonchev–Trinajstić information content (AvgIpc) is 3.49. The van der Waals surface area contributed by atoms with Crippen LogP contribution in [0.3, 0.4) is 0 Å². The molecular weight excluding hydrogens is 418 g/mol. The first-order valence-corrected chi connectivity index (χ1v) is 11.9. The number of nitrogens with zero attached hydrogens (tertiary/aromatic N) is 4. The number of hydrogen-bond acceptors (Lipinski definition) is 7. The van der Waals surface area contributed by atoms with Crippen LogP contribution < -0.4 is 16.4 Å². The number of nitrogens with two attached hydrogens (primary N) is 1. The number of nitrogens with one attached hydrogen (secondary N) is 2. The number of hydrogen-bond donors (Lipinski definition) is 4. The van der Waals surface area contributed by atoms with Gasteiger partial charge < -0.3 is 26.0 Å². The molecule has 5 N–H and O–H groups in total. The standard InChI is InChI=1S/C24H31N7O2/c25-17-8-10-18(11-9-17)28-24-29-21(26-13-15-4-3-5-16(12-15)23(32)33)20-22(30-24)31(14-27-20)19-6-1-2-7-19/h3-5,12,14,17-19H,1-2,6-11,13,25H2,(H,32,33)(H2,26,28,29,30)/t17-,18-. The van der Waals surface area contributed by atoms with Gasteiger partial charge in [0, 0.05) is 24.7 Å². The molecule has 5 rings (SSSR count). The summed E-state index contributed by atoms with van der Waals surface area (Å²) in [5, 5.41) is 16.2. The Morgan fingerprint density at radius 2 is 1.91 bits per heavy atom. The third kappa shape index (κ3) is 4.78. The number of aromatic carboxylic acids is 1. The van der Waals surface area contributed by atoms with Gasteiger partial charge in [-0.1, -0.05) is 25.0 Å². The Hall–Kier alpha value is -3.20. The minimum Gasteiger partial charge on any atom is -0.478 e. The second-order valence-electron chi connectivity index (χ2n) is 9.27. The zero-order valence-electron chi connectivity index (χ0n) is 18.7. The van der Waals surface area contributed by atoms with Crippen molar-refractivity contribution >= 4 is 28.9 Å². The van der Waals surface area contributed by atoms with Crippen molar-refractivity contribution in [3.8, 4) is 0 Å². The Morgan fingerprint density at radius 3 is 2.67 bits per heavy atom. The summed E-state index contributed by atoms with van der Waals surface area (Å²) >= 11 is 0. The first-order chi connectivity index (χ1) is 16.1. The summed E-state index contributed by atoms with van der Waals surface area (Å²) < 4.78 is 2.20. The molecular formula is C24H31N7O2. The summed E-state index contributed by atoms with van der Waals surface area (Å²) in [6.07, 6.45) is 10.7. The molecule has 0 radical (unpaired) electrons. The lowest BCUT2D eigenvalue weighted by Gasteiger charge is -2.27. The lowest BCUT2D eigenvalue weighted by molar-refractivity contribution is 0.0696. The van der Waals surface area contributed by atoms with Gasteiger partial charge in [0.1, 0.15) is 0 Å². The van der Waals surface area contributed by atoms with E-state index in [4.69, 9.17) is 15.7 Å². The van der Waals surface area contributed by atoms with Crippen LogP contribution in [0.1, 0.15) is 73.3 Å². The molecule has 2 saturated carbocycles. The van der Waals surface area contributed by atoms with Crippen LogP contribution in [-0.2, 0) is 6.54 Å². The number of carboxylic acids is 1. The zero-order chi connectivity index (χ0) is 22.8. The molecule has 0 unspecified atom stereocenters. The Morgan fingerprint density at radius 1 is 1.12 bits per heavy atom. The molecule has 1 aromatic carbocycles. The number of anilines is 2. The maximum absolute atomic E-state index is 11.3. The van der Waals surface area contributed by atoms with Gasteiger partial charge in [-0.15, -0.1) is 0 Å². The van der Waals surface area contributed by atoms with Crippen molar-refractivity contribution in [2.75, 3.05) is 10.6 Å². The molecule has 2 fully saturated rings. The molecule has 0 amide bonds. The zero-order valence-corrected chi connectivity index (χ0v) is 18.7. The molecule has 9 heteroatoms. The Balaban J connectivity index is 1.44. The molecule has 0 spiro atoms. The highest BCUT2D eigenvalue weighted by Crippen LogP contribution is 2.33. The highest BCUT2D eigenvalue weighted by Gasteiger charge is 2.24. The monoisotopic (exact) mass is 449 g/mol. The van der Waals surface area contributed by atoms with Crippen molar-refractivity contribution < 1.29 is 9.90 Å². The highest BCUT2D eigenvalue weighted by atomic mass is 16.4. The van der Waals surface area contributed by atoms with E-state index in [0.717, 1.165) is 55.3 Å². The van der Waals surface area contributed by atoms with Gasteiger partial charge in [-0.3, -0.25) is 0 Å². The summed E-state index contributed by atoms with van der Waals surface area (Å²) in [5.74, 6) is 0.326. The second-order valence-corrected chi connectivity index (χ2v) is 9.27. The van der Waals surface area contributed by atoms with Gasteiger partial charge in [0.05, 0.1) is 11.9 Å². The third-order valence-electron chi connectivity index (χ3n) is 6.88. The van der Waals surface area contributed by atoms with E-state index >= 15 is 0 Å². The van der Waals surface area contributed by atoms with Gasteiger partial charge in [-0.2, -0.15) is 9.97 Å². The number of rotatable bonds is 7. The van der Waals surface area contributed by atoms with Crippen molar-refractivity contribution in [1.29, 1.82) is 0 Å². The van der Waals surface area contributed by atoms with Crippen LogP contribution in [0.25, 0.3) is 11.2 Å². The number of aromatic nitrogens is 4. The summed E-state index contributed by atoms with van der Waals surface area (Å²) in [7, 11) is 0. The van der Waals surface area contributed by atoms with Gasteiger partial charge in [-0.05, 0) is 56.2 Å². The van der Waals surface area contributed by atoms with Gasteiger partial charge in [0.2, 0.25) is 5.95 Å². The summed E-state index contributed by atoms with van der Waals surface area (Å²) in [4.78, 5) is 25.6. The van der Waals surface area contributed by atoms with E-state index in [9.17, 15) is 9.90 Å². The highest BCUT2D eigenvalue weighted by molar-refractivity contribution is 5.88. The number of carbonyl (C=O) groups is 1. The molecule has 2 aliphatic carbocycles. The normalized spacial score (nSPS) is 21.4. The van der Waals surface area contributed by atoms with Crippen molar-refractivity contribution in [2.45, 2.75) is 76.0 Å². The molecule has 2 aliphatic rings. The van der Waals surface area contributed by atoms with E-state index in [0.29, 0.717) is 30.4 Å². The number of carboxylic acid groups (broad SMARTS) is 1. The maximum atomic E-state index is 11.3. The van der Waals surface area contributed by atoms with E-state index in [1.165, 1.54) is 12.8 Å². The minimum atomic E-state index is -0.935. The fourth-order valence-electron chi connectivity index (χ4n) is 5.00. The molecule has 0 aliphatic heterocycles. The Bertz CT molecular complexity index is 1130. The Labute approximate surface area is 192 Å². The predicted octanol–water partition coefficient (Wildman–Crippen LogP) is 3.93. The molecule has 3 aromatic rings. The van der Waals surface area contributed by atoms with Crippen LogP contribution in [0, 0.1) is 0 Å². The number of imidazole rings is 1. The van der Waals surface area contributed by atoms with Crippen LogP contribution in [0.2, 0.25) is 0 Å². The topological polar surface area (TPSA) is 131 Å². The number of fused-ring (bicyclic) bond motifs is 1. The van der Waals surface area contributed by atoms with Crippen molar-refractivity contribution in [2.24, 2.45) is 5.73 Å². The summed E-state index contributed by atoms with van der Waals surface area (Å²) in [6, 6.07) is 7.95. The predicted molar refractivity (Wildman–Crippen MR) is 127 cm³/mol. The fraction of sp³-hybridized carbons (Fsp3) is 0.500. The van der Waals surface area contributed by atoms with Crippen LogP contribution in [0.4, 0.5) is 11.8 Å². The van der Waals surface area contributed by atoms with E-state index in [2.05, 4.69) is 20.2 Å². The Kier molecular flexibility index (Phi) is 6.13. The van der Waals surface area contributed by atoms with Crippen LogP contribution in [0.15, 0.2) is 30.6 Å².